The second-order valence-electron chi connectivity index (χ2n) is 10.5. The minimum absolute atomic E-state index is 0.00613. The number of benzene rings is 1. The molecule has 1 aromatic carbocycles. The lowest BCUT2D eigenvalue weighted by atomic mass is 9.97. The van der Waals surface area contributed by atoms with Crippen LogP contribution in [0.4, 0.5) is 16.2 Å². The van der Waals surface area contributed by atoms with Crippen LogP contribution < -0.4 is 14.5 Å². The fourth-order valence-corrected chi connectivity index (χ4v) is 6.51. The molecule has 1 N–H and O–H groups in total. The van der Waals surface area contributed by atoms with Gasteiger partial charge < -0.3 is 29.3 Å². The summed E-state index contributed by atoms with van der Waals surface area (Å²) in [7, 11) is 0. The van der Waals surface area contributed by atoms with Crippen molar-refractivity contribution >= 4 is 28.4 Å². The summed E-state index contributed by atoms with van der Waals surface area (Å²) >= 11 is 0. The average molecular weight is 505 g/mol. The number of piperazine rings is 1. The van der Waals surface area contributed by atoms with E-state index in [2.05, 4.69) is 33.5 Å². The SMILES string of the molecule is Cc1ccc2c(cnn2C2CCCCO2)c1N1CCc2c(ncc3c2N2CCN(C(=O)O)C[C@@H]2CO3)C1. The van der Waals surface area contributed by atoms with Gasteiger partial charge in [0, 0.05) is 43.7 Å². The molecule has 0 aliphatic carbocycles. The molecular formula is C27H32N6O4. The third-order valence-electron chi connectivity index (χ3n) is 8.35. The number of aryl methyl sites for hydroxylation is 1. The van der Waals surface area contributed by atoms with Gasteiger partial charge in [-0.15, -0.1) is 0 Å². The molecule has 1 unspecified atom stereocenters. The second-order valence-corrected chi connectivity index (χ2v) is 10.5. The smallest absolute Gasteiger partial charge is 0.407 e. The Bertz CT molecular complexity index is 1370. The zero-order valence-corrected chi connectivity index (χ0v) is 21.1. The van der Waals surface area contributed by atoms with Crippen LogP contribution in [0, 0.1) is 6.92 Å². The number of rotatable bonds is 2. The van der Waals surface area contributed by atoms with Crippen LogP contribution in [0.1, 0.15) is 42.3 Å². The van der Waals surface area contributed by atoms with Gasteiger partial charge in [-0.1, -0.05) is 6.07 Å². The highest BCUT2D eigenvalue weighted by atomic mass is 16.5. The molecule has 3 aromatic rings. The third-order valence-corrected chi connectivity index (χ3v) is 8.35. The Morgan fingerprint density at radius 3 is 2.89 bits per heavy atom. The normalized spacial score (nSPS) is 23.3. The first kappa shape index (κ1) is 22.7. The predicted octanol–water partition coefficient (Wildman–Crippen LogP) is 3.56. The molecule has 1 amide bonds. The minimum Gasteiger partial charge on any atom is -0.488 e. The van der Waals surface area contributed by atoms with Gasteiger partial charge in [0.2, 0.25) is 0 Å². The predicted molar refractivity (Wildman–Crippen MR) is 139 cm³/mol. The van der Waals surface area contributed by atoms with Gasteiger partial charge in [0.1, 0.15) is 6.61 Å². The molecule has 0 spiro atoms. The van der Waals surface area contributed by atoms with Gasteiger partial charge in [-0.2, -0.15) is 5.10 Å². The minimum atomic E-state index is -0.860. The van der Waals surface area contributed by atoms with E-state index < -0.39 is 6.09 Å². The Morgan fingerprint density at radius 1 is 1.14 bits per heavy atom. The lowest BCUT2D eigenvalue weighted by Crippen LogP contribution is -2.58. The fourth-order valence-electron chi connectivity index (χ4n) is 6.51. The number of hydrogen-bond acceptors (Lipinski definition) is 7. The second kappa shape index (κ2) is 8.79. The van der Waals surface area contributed by atoms with E-state index in [9.17, 15) is 9.90 Å². The third kappa shape index (κ3) is 3.68. The number of amides is 1. The Labute approximate surface area is 215 Å². The standard InChI is InChI=1S/C27H32N6O4/c1-17-5-6-22-20(12-29-33(22)24-4-2-3-11-36-24)25(17)30-8-7-19-21(15-30)28-13-23-26(19)32-10-9-31(27(34)35)14-18(32)16-37-23/h5-6,12-13,18,24H,2-4,7-11,14-16H2,1H3,(H,34,35)/t18-,24?/m1/s1. The van der Waals surface area contributed by atoms with Crippen molar-refractivity contribution in [2.24, 2.45) is 0 Å². The number of anilines is 2. The summed E-state index contributed by atoms with van der Waals surface area (Å²) in [5.41, 5.74) is 6.97. The van der Waals surface area contributed by atoms with Gasteiger partial charge in [0.05, 0.1) is 47.6 Å². The molecule has 194 valence electrons. The van der Waals surface area contributed by atoms with Crippen LogP contribution in [0.2, 0.25) is 0 Å². The van der Waals surface area contributed by atoms with E-state index in [-0.39, 0.29) is 12.3 Å². The Kier molecular flexibility index (Phi) is 5.38. The first-order valence-electron chi connectivity index (χ1n) is 13.3. The van der Waals surface area contributed by atoms with Crippen molar-refractivity contribution in [1.82, 2.24) is 19.7 Å². The van der Waals surface area contributed by atoms with Gasteiger partial charge in [0.15, 0.2) is 12.0 Å². The average Bonchev–Trinajstić information content (AvgIpc) is 3.36. The molecule has 2 aromatic heterocycles. The lowest BCUT2D eigenvalue weighted by molar-refractivity contribution is -0.0366. The molecule has 0 saturated carbocycles. The summed E-state index contributed by atoms with van der Waals surface area (Å²) in [5.74, 6) is 0.819. The van der Waals surface area contributed by atoms with Crippen LogP contribution in [0.5, 0.6) is 5.75 Å². The number of nitrogens with zero attached hydrogens (tertiary/aromatic N) is 6. The topological polar surface area (TPSA) is 96.2 Å². The quantitative estimate of drug-likeness (QED) is 0.566. The lowest BCUT2D eigenvalue weighted by Gasteiger charge is -2.46. The first-order chi connectivity index (χ1) is 18.1. The van der Waals surface area contributed by atoms with Crippen molar-refractivity contribution in [2.75, 3.05) is 49.2 Å². The molecule has 7 rings (SSSR count). The summed E-state index contributed by atoms with van der Waals surface area (Å²) in [5, 5.41) is 15.4. The molecule has 2 fully saturated rings. The molecule has 2 saturated heterocycles. The monoisotopic (exact) mass is 504 g/mol. The molecule has 4 aliphatic heterocycles. The van der Waals surface area contributed by atoms with Crippen LogP contribution in [0.15, 0.2) is 24.5 Å². The van der Waals surface area contributed by atoms with Crippen molar-refractivity contribution in [3.63, 3.8) is 0 Å². The number of carbonyl (C=O) groups is 1. The summed E-state index contributed by atoms with van der Waals surface area (Å²) in [4.78, 5) is 22.6. The van der Waals surface area contributed by atoms with Crippen molar-refractivity contribution in [3.05, 3.63) is 41.3 Å². The molecule has 6 heterocycles. The Hall–Kier alpha value is -3.53. The van der Waals surface area contributed by atoms with E-state index in [1.54, 1.807) is 0 Å². The number of hydrogen-bond donors (Lipinski definition) is 1. The summed E-state index contributed by atoms with van der Waals surface area (Å²) in [6.45, 7) is 6.67. The molecule has 4 aliphatic rings. The Balaban J connectivity index is 1.21. The van der Waals surface area contributed by atoms with E-state index in [0.29, 0.717) is 32.8 Å². The number of carboxylic acid groups (broad SMARTS) is 1. The fraction of sp³-hybridized carbons (Fsp3) is 0.519. The van der Waals surface area contributed by atoms with Crippen LogP contribution in [0.25, 0.3) is 10.9 Å². The van der Waals surface area contributed by atoms with E-state index in [0.717, 1.165) is 60.4 Å². The zero-order valence-electron chi connectivity index (χ0n) is 21.1. The van der Waals surface area contributed by atoms with Crippen LogP contribution in [-0.2, 0) is 17.7 Å². The Morgan fingerprint density at radius 2 is 2.05 bits per heavy atom. The van der Waals surface area contributed by atoms with Crippen molar-refractivity contribution in [1.29, 1.82) is 0 Å². The van der Waals surface area contributed by atoms with E-state index in [1.807, 2.05) is 12.4 Å². The van der Waals surface area contributed by atoms with E-state index >= 15 is 0 Å². The highest BCUT2D eigenvalue weighted by Gasteiger charge is 2.38. The van der Waals surface area contributed by atoms with Gasteiger partial charge in [0.25, 0.3) is 0 Å². The molecule has 10 heteroatoms. The number of aromatic nitrogens is 3. The number of pyridine rings is 1. The highest BCUT2D eigenvalue weighted by Crippen LogP contribution is 2.42. The molecule has 10 nitrogen and oxygen atoms in total. The van der Waals surface area contributed by atoms with E-state index in [4.69, 9.17) is 19.6 Å². The van der Waals surface area contributed by atoms with Gasteiger partial charge in [-0.05, 0) is 44.2 Å². The maximum Gasteiger partial charge on any atom is 0.407 e. The zero-order chi connectivity index (χ0) is 25.1. The molecular weight excluding hydrogens is 472 g/mol. The molecule has 0 bridgehead atoms. The maximum absolute atomic E-state index is 11.5. The van der Waals surface area contributed by atoms with E-state index in [1.165, 1.54) is 28.1 Å². The first-order valence-corrected chi connectivity index (χ1v) is 13.3. The summed E-state index contributed by atoms with van der Waals surface area (Å²) < 4.78 is 14.2. The van der Waals surface area contributed by atoms with Crippen LogP contribution in [0.3, 0.4) is 0 Å². The molecule has 37 heavy (non-hydrogen) atoms. The van der Waals surface area contributed by atoms with Crippen molar-refractivity contribution < 1.29 is 19.4 Å². The van der Waals surface area contributed by atoms with Crippen molar-refractivity contribution in [3.8, 4) is 5.75 Å². The summed E-state index contributed by atoms with van der Waals surface area (Å²) in [6, 6.07) is 4.39. The van der Waals surface area contributed by atoms with Gasteiger partial charge in [-0.25, -0.2) is 9.48 Å². The molecule has 2 atom stereocenters. The van der Waals surface area contributed by atoms with Crippen LogP contribution in [-0.4, -0.2) is 76.3 Å². The largest absolute Gasteiger partial charge is 0.488 e. The number of fused-ring (bicyclic) bond motifs is 6. The van der Waals surface area contributed by atoms with Gasteiger partial charge in [-0.3, -0.25) is 4.98 Å². The van der Waals surface area contributed by atoms with Gasteiger partial charge >= 0.3 is 6.09 Å². The maximum atomic E-state index is 11.5. The number of ether oxygens (including phenoxy) is 2. The van der Waals surface area contributed by atoms with Crippen molar-refractivity contribution in [2.45, 2.75) is 51.4 Å². The van der Waals surface area contributed by atoms with Crippen LogP contribution >= 0.6 is 0 Å². The highest BCUT2D eigenvalue weighted by molar-refractivity contribution is 5.94. The molecule has 0 radical (unpaired) electrons. The summed E-state index contributed by atoms with van der Waals surface area (Å²) in [6.07, 6.45) is 7.12.